The van der Waals surface area contributed by atoms with Crippen molar-refractivity contribution in [3.8, 4) is 0 Å². The van der Waals surface area contributed by atoms with E-state index < -0.39 is 0 Å². The first-order valence-corrected chi connectivity index (χ1v) is 7.20. The molecule has 0 heterocycles. The number of nitrogens with zero attached hydrogens (tertiary/aromatic N) is 1. The fourth-order valence-electron chi connectivity index (χ4n) is 1.90. The highest BCUT2D eigenvalue weighted by Gasteiger charge is 2.09. The predicted octanol–water partition coefficient (Wildman–Crippen LogP) is 1.62. The molecular formula is C16H25N3O. The fourth-order valence-corrected chi connectivity index (χ4v) is 1.90. The second kappa shape index (κ2) is 10.2. The number of benzene rings is 1. The van der Waals surface area contributed by atoms with Crippen molar-refractivity contribution in [3.63, 3.8) is 0 Å². The molecule has 4 nitrogen and oxygen atoms in total. The van der Waals surface area contributed by atoms with Gasteiger partial charge in [-0.05, 0) is 44.0 Å². The van der Waals surface area contributed by atoms with Crippen LogP contribution in [0.5, 0.6) is 0 Å². The fraction of sp³-hybridized carbons (Fsp3) is 0.438. The van der Waals surface area contributed by atoms with Crippen molar-refractivity contribution in [2.24, 2.45) is 11.5 Å². The molecule has 4 N–H and O–H groups in total. The van der Waals surface area contributed by atoms with Crippen LogP contribution < -0.4 is 11.5 Å². The Morgan fingerprint density at radius 2 is 1.65 bits per heavy atom. The largest absolute Gasteiger partial charge is 0.339 e. The number of carbonyl (C=O) groups excluding carboxylic acids is 1. The molecule has 1 aromatic carbocycles. The Morgan fingerprint density at radius 1 is 1.00 bits per heavy atom. The topological polar surface area (TPSA) is 72.3 Å². The molecule has 0 radical (unpaired) electrons. The van der Waals surface area contributed by atoms with Crippen LogP contribution in [0.2, 0.25) is 0 Å². The third kappa shape index (κ3) is 6.50. The first-order valence-electron chi connectivity index (χ1n) is 7.20. The van der Waals surface area contributed by atoms with Gasteiger partial charge in [0, 0.05) is 19.2 Å². The van der Waals surface area contributed by atoms with Crippen molar-refractivity contribution in [1.82, 2.24) is 4.90 Å². The molecule has 1 aromatic rings. The van der Waals surface area contributed by atoms with Gasteiger partial charge in [0.15, 0.2) is 0 Å². The summed E-state index contributed by atoms with van der Waals surface area (Å²) in [6.07, 6.45) is 6.18. The molecule has 110 valence electrons. The lowest BCUT2D eigenvalue weighted by atomic mass is 10.2. The number of nitrogens with two attached hydrogens (primary N) is 2. The van der Waals surface area contributed by atoms with Crippen molar-refractivity contribution >= 4 is 12.0 Å². The molecule has 0 aromatic heterocycles. The third-order valence-electron chi connectivity index (χ3n) is 3.04. The van der Waals surface area contributed by atoms with Crippen LogP contribution in [-0.4, -0.2) is 37.0 Å². The number of unbranched alkanes of at least 4 members (excludes halogenated alkanes) is 1. The summed E-state index contributed by atoms with van der Waals surface area (Å²) in [5, 5.41) is 0. The van der Waals surface area contributed by atoms with Crippen LogP contribution in [0.25, 0.3) is 6.08 Å². The van der Waals surface area contributed by atoms with Gasteiger partial charge in [0.05, 0.1) is 0 Å². The van der Waals surface area contributed by atoms with Crippen LogP contribution in [0.15, 0.2) is 36.4 Å². The Kier molecular flexibility index (Phi) is 8.35. The standard InChI is InChI=1S/C16H25N3O/c17-11-4-5-13-19(14-6-12-18)16(20)10-9-15-7-2-1-3-8-15/h1-3,7-10H,4-6,11-14,17-18H2. The van der Waals surface area contributed by atoms with E-state index in [9.17, 15) is 4.79 Å². The van der Waals surface area contributed by atoms with E-state index in [-0.39, 0.29) is 5.91 Å². The Balaban J connectivity index is 2.55. The Hall–Kier alpha value is -1.65. The normalized spacial score (nSPS) is 10.9. The molecule has 0 saturated carbocycles. The highest BCUT2D eigenvalue weighted by molar-refractivity contribution is 5.91. The van der Waals surface area contributed by atoms with E-state index in [1.54, 1.807) is 6.08 Å². The minimum atomic E-state index is 0.0410. The predicted molar refractivity (Wildman–Crippen MR) is 84.0 cm³/mol. The van der Waals surface area contributed by atoms with Crippen LogP contribution >= 0.6 is 0 Å². The van der Waals surface area contributed by atoms with Gasteiger partial charge in [-0.3, -0.25) is 4.79 Å². The molecule has 0 bridgehead atoms. The molecule has 0 fully saturated rings. The lowest BCUT2D eigenvalue weighted by Crippen LogP contribution is -2.32. The highest BCUT2D eigenvalue weighted by atomic mass is 16.2. The second-order valence-corrected chi connectivity index (χ2v) is 4.71. The maximum Gasteiger partial charge on any atom is 0.246 e. The van der Waals surface area contributed by atoms with E-state index in [1.807, 2.05) is 41.3 Å². The van der Waals surface area contributed by atoms with Gasteiger partial charge >= 0.3 is 0 Å². The molecule has 0 aliphatic heterocycles. The van der Waals surface area contributed by atoms with Gasteiger partial charge in [-0.2, -0.15) is 0 Å². The van der Waals surface area contributed by atoms with Crippen LogP contribution in [0, 0.1) is 0 Å². The number of hydrogen-bond donors (Lipinski definition) is 2. The summed E-state index contributed by atoms with van der Waals surface area (Å²) in [4.78, 5) is 14.0. The molecule has 0 spiro atoms. The van der Waals surface area contributed by atoms with Crippen LogP contribution in [-0.2, 0) is 4.79 Å². The van der Waals surface area contributed by atoms with Gasteiger partial charge in [-0.1, -0.05) is 30.3 Å². The summed E-state index contributed by atoms with van der Waals surface area (Å²) >= 11 is 0. The molecule has 0 saturated heterocycles. The summed E-state index contributed by atoms with van der Waals surface area (Å²) in [6, 6.07) is 9.82. The zero-order valence-corrected chi connectivity index (χ0v) is 12.0. The first kappa shape index (κ1) is 16.4. The van der Waals surface area contributed by atoms with Gasteiger partial charge < -0.3 is 16.4 Å². The van der Waals surface area contributed by atoms with E-state index in [0.717, 1.165) is 31.4 Å². The number of hydrogen-bond acceptors (Lipinski definition) is 3. The number of rotatable bonds is 9. The monoisotopic (exact) mass is 275 g/mol. The SMILES string of the molecule is NCCCCN(CCCN)C(=O)C=Cc1ccccc1. The van der Waals surface area contributed by atoms with E-state index in [0.29, 0.717) is 19.6 Å². The first-order chi connectivity index (χ1) is 9.77. The zero-order valence-electron chi connectivity index (χ0n) is 12.0. The summed E-state index contributed by atoms with van der Waals surface area (Å²) in [6.45, 7) is 2.72. The van der Waals surface area contributed by atoms with Crippen LogP contribution in [0.3, 0.4) is 0 Å². The maximum atomic E-state index is 12.2. The second-order valence-electron chi connectivity index (χ2n) is 4.71. The van der Waals surface area contributed by atoms with E-state index in [2.05, 4.69) is 0 Å². The minimum absolute atomic E-state index is 0.0410. The molecule has 0 aliphatic carbocycles. The molecule has 0 aliphatic rings. The summed E-state index contributed by atoms with van der Waals surface area (Å²) in [7, 11) is 0. The molecule has 0 atom stereocenters. The molecule has 1 amide bonds. The van der Waals surface area contributed by atoms with Crippen molar-refractivity contribution in [2.75, 3.05) is 26.2 Å². The molecule has 20 heavy (non-hydrogen) atoms. The van der Waals surface area contributed by atoms with Crippen molar-refractivity contribution in [1.29, 1.82) is 0 Å². The lowest BCUT2D eigenvalue weighted by Gasteiger charge is -2.20. The quantitative estimate of drug-likeness (QED) is 0.531. The summed E-state index contributed by atoms with van der Waals surface area (Å²) in [5.41, 5.74) is 12.0. The van der Waals surface area contributed by atoms with E-state index >= 15 is 0 Å². The lowest BCUT2D eigenvalue weighted by molar-refractivity contribution is -0.126. The zero-order chi connectivity index (χ0) is 14.6. The number of amides is 1. The number of carbonyl (C=O) groups is 1. The van der Waals surface area contributed by atoms with Gasteiger partial charge in [0.25, 0.3) is 0 Å². The van der Waals surface area contributed by atoms with Crippen molar-refractivity contribution in [2.45, 2.75) is 19.3 Å². The Morgan fingerprint density at radius 3 is 2.30 bits per heavy atom. The van der Waals surface area contributed by atoms with Crippen LogP contribution in [0.1, 0.15) is 24.8 Å². The maximum absolute atomic E-state index is 12.2. The minimum Gasteiger partial charge on any atom is -0.339 e. The van der Waals surface area contributed by atoms with Gasteiger partial charge in [-0.15, -0.1) is 0 Å². The van der Waals surface area contributed by atoms with E-state index in [4.69, 9.17) is 11.5 Å². The van der Waals surface area contributed by atoms with Crippen molar-refractivity contribution in [3.05, 3.63) is 42.0 Å². The third-order valence-corrected chi connectivity index (χ3v) is 3.04. The average Bonchev–Trinajstić information content (AvgIpc) is 2.49. The molecule has 0 unspecified atom stereocenters. The average molecular weight is 275 g/mol. The highest BCUT2D eigenvalue weighted by Crippen LogP contribution is 2.04. The molecular weight excluding hydrogens is 250 g/mol. The smallest absolute Gasteiger partial charge is 0.246 e. The molecule has 4 heteroatoms. The van der Waals surface area contributed by atoms with Gasteiger partial charge in [-0.25, -0.2) is 0 Å². The Labute approximate surface area is 121 Å². The van der Waals surface area contributed by atoms with E-state index in [1.165, 1.54) is 0 Å². The summed E-state index contributed by atoms with van der Waals surface area (Å²) < 4.78 is 0. The van der Waals surface area contributed by atoms with Crippen molar-refractivity contribution < 1.29 is 4.79 Å². The summed E-state index contributed by atoms with van der Waals surface area (Å²) in [5.74, 6) is 0.0410. The van der Waals surface area contributed by atoms with Gasteiger partial charge in [0.1, 0.15) is 0 Å². The van der Waals surface area contributed by atoms with Crippen LogP contribution in [0.4, 0.5) is 0 Å². The molecule has 1 rings (SSSR count). The Bertz CT molecular complexity index is 403. The van der Waals surface area contributed by atoms with Gasteiger partial charge in [0.2, 0.25) is 5.91 Å².